The van der Waals surface area contributed by atoms with E-state index in [9.17, 15) is 4.79 Å². The summed E-state index contributed by atoms with van der Waals surface area (Å²) in [4.78, 5) is 16.0. The lowest BCUT2D eigenvalue weighted by Crippen LogP contribution is -2.10. The van der Waals surface area contributed by atoms with Crippen LogP contribution in [0.1, 0.15) is 42.3 Å². The largest absolute Gasteiger partial charge is 0.478 e. The van der Waals surface area contributed by atoms with Gasteiger partial charge in [0.2, 0.25) is 0 Å². The molecule has 0 unspecified atom stereocenters. The molecular formula is C25H24N2O2. The SMILES string of the molecule is CC(C)(C)c1ccc(-c2nc3ccccc3n2Cc2ccc(C(=O)O)cc2)cc1. The van der Waals surface area contributed by atoms with Crippen LogP contribution in [0.4, 0.5) is 0 Å². The summed E-state index contributed by atoms with van der Waals surface area (Å²) < 4.78 is 2.19. The summed E-state index contributed by atoms with van der Waals surface area (Å²) in [5.74, 6) is -0.00164. The first-order chi connectivity index (χ1) is 13.8. The van der Waals surface area contributed by atoms with Crippen LogP contribution in [0, 0.1) is 0 Å². The Hall–Kier alpha value is -3.40. The number of hydrogen-bond donors (Lipinski definition) is 1. The Bertz CT molecular complexity index is 1160. The van der Waals surface area contributed by atoms with Gasteiger partial charge in [-0.3, -0.25) is 0 Å². The highest BCUT2D eigenvalue weighted by Crippen LogP contribution is 2.29. The first-order valence-electron chi connectivity index (χ1n) is 9.71. The molecule has 0 amide bonds. The third-order valence-electron chi connectivity index (χ3n) is 5.21. The zero-order chi connectivity index (χ0) is 20.6. The minimum Gasteiger partial charge on any atom is -0.478 e. The van der Waals surface area contributed by atoms with E-state index in [1.807, 2.05) is 30.3 Å². The molecule has 1 heterocycles. The lowest BCUT2D eigenvalue weighted by Gasteiger charge is -2.19. The van der Waals surface area contributed by atoms with Gasteiger partial charge in [0.05, 0.1) is 16.6 Å². The summed E-state index contributed by atoms with van der Waals surface area (Å²) in [7, 11) is 0. The normalized spacial score (nSPS) is 11.7. The molecule has 0 bridgehead atoms. The summed E-state index contributed by atoms with van der Waals surface area (Å²) in [6.45, 7) is 7.24. The van der Waals surface area contributed by atoms with Crippen LogP contribution in [0.2, 0.25) is 0 Å². The molecule has 0 fully saturated rings. The van der Waals surface area contributed by atoms with Crippen LogP contribution in [0.15, 0.2) is 72.8 Å². The topological polar surface area (TPSA) is 55.1 Å². The van der Waals surface area contributed by atoms with Crippen molar-refractivity contribution in [2.45, 2.75) is 32.7 Å². The van der Waals surface area contributed by atoms with Crippen LogP contribution >= 0.6 is 0 Å². The van der Waals surface area contributed by atoms with Crippen molar-refractivity contribution in [1.29, 1.82) is 0 Å². The molecule has 146 valence electrons. The Kier molecular flexibility index (Phi) is 4.71. The highest BCUT2D eigenvalue weighted by Gasteiger charge is 2.16. The number of carboxylic acid groups (broad SMARTS) is 1. The molecule has 0 atom stereocenters. The first-order valence-corrected chi connectivity index (χ1v) is 9.71. The molecule has 0 saturated heterocycles. The fourth-order valence-electron chi connectivity index (χ4n) is 3.51. The molecule has 0 spiro atoms. The van der Waals surface area contributed by atoms with Crippen molar-refractivity contribution in [2.24, 2.45) is 0 Å². The quantitative estimate of drug-likeness (QED) is 0.487. The smallest absolute Gasteiger partial charge is 0.335 e. The van der Waals surface area contributed by atoms with E-state index in [-0.39, 0.29) is 5.41 Å². The average molecular weight is 384 g/mol. The molecule has 0 aliphatic carbocycles. The Balaban J connectivity index is 1.77. The number of fused-ring (bicyclic) bond motifs is 1. The lowest BCUT2D eigenvalue weighted by atomic mass is 9.87. The van der Waals surface area contributed by atoms with Gasteiger partial charge in [-0.25, -0.2) is 9.78 Å². The van der Waals surface area contributed by atoms with E-state index in [0.29, 0.717) is 12.1 Å². The van der Waals surface area contributed by atoms with Gasteiger partial charge in [-0.15, -0.1) is 0 Å². The van der Waals surface area contributed by atoms with Crippen LogP contribution < -0.4 is 0 Å². The van der Waals surface area contributed by atoms with Crippen LogP contribution in [0.5, 0.6) is 0 Å². The van der Waals surface area contributed by atoms with E-state index < -0.39 is 5.97 Å². The molecule has 3 aromatic carbocycles. The molecule has 1 N–H and O–H groups in total. The van der Waals surface area contributed by atoms with Gasteiger partial charge in [0.1, 0.15) is 5.82 Å². The molecule has 0 aliphatic heterocycles. The Morgan fingerprint density at radius 1 is 0.931 bits per heavy atom. The van der Waals surface area contributed by atoms with E-state index in [0.717, 1.165) is 28.0 Å². The summed E-state index contributed by atoms with van der Waals surface area (Å²) in [6, 6.07) is 23.7. The Morgan fingerprint density at radius 2 is 1.59 bits per heavy atom. The highest BCUT2D eigenvalue weighted by molar-refractivity contribution is 5.87. The molecule has 4 nitrogen and oxygen atoms in total. The van der Waals surface area contributed by atoms with Gasteiger partial charge >= 0.3 is 5.97 Å². The standard InChI is InChI=1S/C25H24N2O2/c1-25(2,3)20-14-12-18(13-15-20)23-26-21-6-4-5-7-22(21)27(23)16-17-8-10-19(11-9-17)24(28)29/h4-15H,16H2,1-3H3,(H,28,29). The van der Waals surface area contributed by atoms with Crippen molar-refractivity contribution in [3.8, 4) is 11.4 Å². The third kappa shape index (κ3) is 3.79. The Labute approximate surface area is 170 Å². The van der Waals surface area contributed by atoms with Crippen LogP contribution in [-0.4, -0.2) is 20.6 Å². The van der Waals surface area contributed by atoms with E-state index in [1.165, 1.54) is 5.56 Å². The fraction of sp³-hybridized carbons (Fsp3) is 0.200. The zero-order valence-corrected chi connectivity index (χ0v) is 16.9. The molecule has 0 aliphatic rings. The Morgan fingerprint density at radius 3 is 2.21 bits per heavy atom. The molecule has 4 rings (SSSR count). The molecule has 0 radical (unpaired) electrons. The number of carboxylic acids is 1. The number of nitrogens with zero attached hydrogens (tertiary/aromatic N) is 2. The van der Waals surface area contributed by atoms with E-state index in [4.69, 9.17) is 10.1 Å². The number of para-hydroxylation sites is 2. The van der Waals surface area contributed by atoms with Gasteiger partial charge in [-0.2, -0.15) is 0 Å². The molecular weight excluding hydrogens is 360 g/mol. The van der Waals surface area contributed by atoms with Gasteiger partial charge < -0.3 is 9.67 Å². The maximum atomic E-state index is 11.1. The lowest BCUT2D eigenvalue weighted by molar-refractivity contribution is 0.0697. The van der Waals surface area contributed by atoms with Crippen molar-refractivity contribution in [3.63, 3.8) is 0 Å². The maximum absolute atomic E-state index is 11.1. The molecule has 0 saturated carbocycles. The monoisotopic (exact) mass is 384 g/mol. The van der Waals surface area contributed by atoms with Crippen molar-refractivity contribution >= 4 is 17.0 Å². The number of benzene rings is 3. The summed E-state index contributed by atoms with van der Waals surface area (Å²) in [6.07, 6.45) is 0. The summed E-state index contributed by atoms with van der Waals surface area (Å²) >= 11 is 0. The second kappa shape index (κ2) is 7.21. The number of imidazole rings is 1. The number of aromatic carboxylic acids is 1. The summed E-state index contributed by atoms with van der Waals surface area (Å²) in [5, 5.41) is 9.13. The highest BCUT2D eigenvalue weighted by atomic mass is 16.4. The molecule has 1 aromatic heterocycles. The van der Waals surface area contributed by atoms with Crippen molar-refractivity contribution in [2.75, 3.05) is 0 Å². The number of hydrogen-bond acceptors (Lipinski definition) is 2. The zero-order valence-electron chi connectivity index (χ0n) is 16.9. The minimum absolute atomic E-state index is 0.102. The second-order valence-electron chi connectivity index (χ2n) is 8.34. The van der Waals surface area contributed by atoms with Crippen molar-refractivity contribution < 1.29 is 9.90 Å². The van der Waals surface area contributed by atoms with Crippen LogP contribution in [-0.2, 0) is 12.0 Å². The number of aromatic nitrogens is 2. The first kappa shape index (κ1) is 18.9. The van der Waals surface area contributed by atoms with Crippen LogP contribution in [0.3, 0.4) is 0 Å². The van der Waals surface area contributed by atoms with Crippen LogP contribution in [0.25, 0.3) is 22.4 Å². The van der Waals surface area contributed by atoms with Gasteiger partial charge in [0.25, 0.3) is 0 Å². The third-order valence-corrected chi connectivity index (χ3v) is 5.21. The van der Waals surface area contributed by atoms with E-state index in [1.54, 1.807) is 12.1 Å². The molecule has 29 heavy (non-hydrogen) atoms. The van der Waals surface area contributed by atoms with Gasteiger partial charge in [-0.05, 0) is 40.8 Å². The predicted octanol–water partition coefficient (Wildman–Crippen LogP) is 5.75. The summed E-state index contributed by atoms with van der Waals surface area (Å²) in [5.41, 5.74) is 5.79. The minimum atomic E-state index is -0.913. The number of rotatable bonds is 4. The van der Waals surface area contributed by atoms with Crippen molar-refractivity contribution in [1.82, 2.24) is 9.55 Å². The van der Waals surface area contributed by atoms with Gasteiger partial charge in [0, 0.05) is 12.1 Å². The maximum Gasteiger partial charge on any atom is 0.335 e. The van der Waals surface area contributed by atoms with Gasteiger partial charge in [-0.1, -0.05) is 69.3 Å². The van der Waals surface area contributed by atoms with Crippen molar-refractivity contribution in [3.05, 3.63) is 89.5 Å². The molecule has 4 aromatic rings. The van der Waals surface area contributed by atoms with Gasteiger partial charge in [0.15, 0.2) is 0 Å². The predicted molar refractivity (Wildman–Crippen MR) is 116 cm³/mol. The fourth-order valence-corrected chi connectivity index (χ4v) is 3.51. The average Bonchev–Trinajstić information content (AvgIpc) is 3.06. The second-order valence-corrected chi connectivity index (χ2v) is 8.34. The van der Waals surface area contributed by atoms with E-state index >= 15 is 0 Å². The number of carbonyl (C=O) groups is 1. The van der Waals surface area contributed by atoms with E-state index in [2.05, 4.69) is 55.7 Å². The molecule has 4 heteroatoms.